The molecule has 2 amide bonds. The van der Waals surface area contributed by atoms with E-state index in [4.69, 9.17) is 19.4 Å². The van der Waals surface area contributed by atoms with Crippen molar-refractivity contribution in [1.29, 1.82) is 0 Å². The maximum absolute atomic E-state index is 13.3. The molecule has 2 aliphatic rings. The molecule has 0 aromatic heterocycles. The number of hydrogen-bond acceptors (Lipinski definition) is 6. The zero-order chi connectivity index (χ0) is 31.2. The number of nitrogens with one attached hydrogen (secondary N) is 1. The molecule has 1 fully saturated rings. The number of benzene rings is 3. The number of aliphatic carboxylic acids is 1. The number of quaternary nitrogens is 1. The summed E-state index contributed by atoms with van der Waals surface area (Å²) in [5.41, 5.74) is 4.20. The van der Waals surface area contributed by atoms with E-state index in [1.165, 1.54) is 0 Å². The molecular weight excluding hydrogens is 567 g/mol. The van der Waals surface area contributed by atoms with Gasteiger partial charge >= 0.3 is 6.18 Å². The monoisotopic (exact) mass is 599 g/mol. The van der Waals surface area contributed by atoms with Crippen LogP contribution in [0.1, 0.15) is 32.7 Å². The van der Waals surface area contributed by atoms with Crippen molar-refractivity contribution in [2.45, 2.75) is 19.1 Å². The van der Waals surface area contributed by atoms with Gasteiger partial charge in [0.1, 0.15) is 5.97 Å². The Kier molecular flexibility index (Phi) is 9.59. The zero-order valence-electron chi connectivity index (χ0n) is 23.8. The Bertz CT molecular complexity index is 1490. The molecule has 43 heavy (non-hydrogen) atoms. The first-order valence-corrected chi connectivity index (χ1v) is 13.6. The third-order valence-electron chi connectivity index (χ3n) is 7.14. The van der Waals surface area contributed by atoms with Crippen LogP contribution in [0.5, 0.6) is 11.5 Å². The molecule has 3 aromatic carbocycles. The number of carbonyl (C=O) groups is 3. The first-order valence-electron chi connectivity index (χ1n) is 13.6. The van der Waals surface area contributed by atoms with E-state index in [1.54, 1.807) is 18.2 Å². The van der Waals surface area contributed by atoms with Gasteiger partial charge in [-0.1, -0.05) is 30.3 Å². The number of carboxylic acid groups (broad SMARTS) is 1. The van der Waals surface area contributed by atoms with E-state index >= 15 is 0 Å². The summed E-state index contributed by atoms with van der Waals surface area (Å²) in [7, 11) is 4.44. The number of fused-ring (bicyclic) bond motifs is 1. The van der Waals surface area contributed by atoms with Crippen LogP contribution >= 0.6 is 0 Å². The number of ether oxygens (including phenoxy) is 2. The number of rotatable bonds is 5. The minimum absolute atomic E-state index is 0.0888. The number of amides is 2. The predicted octanol–water partition coefficient (Wildman–Crippen LogP) is 3.23. The van der Waals surface area contributed by atoms with E-state index in [-0.39, 0.29) is 18.6 Å². The maximum Gasteiger partial charge on any atom is 0.430 e. The van der Waals surface area contributed by atoms with Gasteiger partial charge in [-0.3, -0.25) is 9.59 Å². The minimum atomic E-state index is -5.19. The third kappa shape index (κ3) is 8.48. The summed E-state index contributed by atoms with van der Waals surface area (Å²) in [6, 6.07) is 21.0. The van der Waals surface area contributed by atoms with Crippen LogP contribution in [0.2, 0.25) is 0 Å². The van der Waals surface area contributed by atoms with Crippen LogP contribution in [0.3, 0.4) is 0 Å². The number of alkyl halides is 3. The lowest BCUT2D eigenvalue weighted by Gasteiger charge is -2.28. The van der Waals surface area contributed by atoms with Gasteiger partial charge in [0.05, 0.1) is 33.7 Å². The smallest absolute Gasteiger partial charge is 0.430 e. The van der Waals surface area contributed by atoms with Crippen LogP contribution in [0.15, 0.2) is 66.7 Å². The van der Waals surface area contributed by atoms with Gasteiger partial charge < -0.3 is 34.1 Å². The molecule has 228 valence electrons. The number of nitrogens with zero attached hydrogens (tertiary/aromatic N) is 2. The van der Waals surface area contributed by atoms with Crippen molar-refractivity contribution in [1.82, 2.24) is 10.2 Å². The van der Waals surface area contributed by atoms with Crippen molar-refractivity contribution in [3.05, 3.63) is 83.4 Å². The maximum atomic E-state index is 13.3. The summed E-state index contributed by atoms with van der Waals surface area (Å²) >= 11 is 0. The minimum Gasteiger partial charge on any atom is -0.542 e. The molecule has 12 heteroatoms. The Hall–Kier alpha value is -4.58. The van der Waals surface area contributed by atoms with E-state index in [1.807, 2.05) is 47.4 Å². The Morgan fingerprint density at radius 3 is 2.28 bits per heavy atom. The van der Waals surface area contributed by atoms with Gasteiger partial charge in [-0.15, -0.1) is 0 Å². The number of likely N-dealkylation sites (N-methyl/N-ethyl adjacent to an activating group) is 1. The second kappa shape index (κ2) is 13.2. The molecule has 2 aliphatic heterocycles. The van der Waals surface area contributed by atoms with Crippen molar-refractivity contribution in [2.24, 2.45) is 0 Å². The van der Waals surface area contributed by atoms with Crippen LogP contribution in [0.4, 0.5) is 13.2 Å². The predicted molar refractivity (Wildman–Crippen MR) is 149 cm³/mol. The van der Waals surface area contributed by atoms with Gasteiger partial charge in [0.2, 0.25) is 6.79 Å². The van der Waals surface area contributed by atoms with E-state index in [9.17, 15) is 22.8 Å². The second-order valence-corrected chi connectivity index (χ2v) is 10.8. The molecule has 1 N–H and O–H groups in total. The number of halogens is 3. The van der Waals surface area contributed by atoms with Crippen LogP contribution in [-0.4, -0.2) is 80.4 Å². The largest absolute Gasteiger partial charge is 0.542 e. The molecule has 0 aliphatic carbocycles. The van der Waals surface area contributed by atoms with Crippen molar-refractivity contribution in [3.8, 4) is 22.6 Å². The highest BCUT2D eigenvalue weighted by atomic mass is 19.4. The van der Waals surface area contributed by atoms with Gasteiger partial charge in [0.15, 0.2) is 11.5 Å². The Morgan fingerprint density at radius 1 is 0.884 bits per heavy atom. The lowest BCUT2D eigenvalue weighted by molar-refractivity contribution is -0.888. The normalized spacial score (nSPS) is 15.5. The summed E-state index contributed by atoms with van der Waals surface area (Å²) in [5.74, 6) is -1.86. The summed E-state index contributed by atoms with van der Waals surface area (Å²) in [5, 5.41) is 11.8. The molecule has 0 atom stereocenters. The van der Waals surface area contributed by atoms with Crippen LogP contribution in [0.25, 0.3) is 11.1 Å². The topological polar surface area (TPSA) is 108 Å². The van der Waals surface area contributed by atoms with Crippen LogP contribution < -0.4 is 19.9 Å². The van der Waals surface area contributed by atoms with Gasteiger partial charge in [0.25, 0.3) is 11.8 Å². The molecular formula is C31H32F3N3O6. The van der Waals surface area contributed by atoms with Crippen molar-refractivity contribution >= 4 is 17.8 Å². The molecule has 5 rings (SSSR count). The highest BCUT2D eigenvalue weighted by molar-refractivity contribution is 5.96. The third-order valence-corrected chi connectivity index (χ3v) is 7.14. The first-order chi connectivity index (χ1) is 20.3. The molecule has 0 unspecified atom stereocenters. The molecule has 0 saturated carbocycles. The fourth-order valence-electron chi connectivity index (χ4n) is 4.71. The lowest BCUT2D eigenvalue weighted by Crippen LogP contribution is -2.43. The van der Waals surface area contributed by atoms with E-state index in [0.29, 0.717) is 29.2 Å². The van der Waals surface area contributed by atoms with Crippen molar-refractivity contribution in [3.63, 3.8) is 0 Å². The van der Waals surface area contributed by atoms with Gasteiger partial charge in [-0.05, 0) is 53.1 Å². The van der Waals surface area contributed by atoms with E-state index in [0.717, 1.165) is 53.8 Å². The number of carboxylic acids is 1. The Morgan fingerprint density at radius 2 is 1.56 bits per heavy atom. The van der Waals surface area contributed by atoms with Gasteiger partial charge in [0, 0.05) is 30.6 Å². The molecule has 3 aromatic rings. The highest BCUT2D eigenvalue weighted by Crippen LogP contribution is 2.32. The fraction of sp³-hybridized carbons (Fsp3) is 0.323. The van der Waals surface area contributed by atoms with Crippen LogP contribution in [0, 0.1) is 0 Å². The molecule has 0 bridgehead atoms. The molecule has 2 heterocycles. The SMILES string of the molecule is C[N+]1(C)CCCN(C(=O)c2cccc(-c3cccc(CNC(=O)c4ccc5c(c4)OCO5)c3)c2)CC1.O=C([O-])C(F)(F)F. The average Bonchev–Trinajstić information content (AvgIpc) is 3.37. The van der Waals surface area contributed by atoms with E-state index < -0.39 is 12.1 Å². The van der Waals surface area contributed by atoms with Gasteiger partial charge in [-0.2, -0.15) is 13.2 Å². The van der Waals surface area contributed by atoms with Crippen molar-refractivity contribution in [2.75, 3.05) is 47.1 Å². The molecule has 9 nitrogen and oxygen atoms in total. The number of hydrogen-bond donors (Lipinski definition) is 1. The molecule has 0 radical (unpaired) electrons. The summed E-state index contributed by atoms with van der Waals surface area (Å²) in [4.78, 5) is 36.7. The average molecular weight is 600 g/mol. The van der Waals surface area contributed by atoms with Gasteiger partial charge in [-0.25, -0.2) is 0 Å². The fourth-order valence-corrected chi connectivity index (χ4v) is 4.71. The summed E-state index contributed by atoms with van der Waals surface area (Å²) in [6.45, 7) is 4.18. The number of carbonyl (C=O) groups excluding carboxylic acids is 3. The summed E-state index contributed by atoms with van der Waals surface area (Å²) < 4.78 is 43.2. The Balaban J connectivity index is 0.000000541. The van der Waals surface area contributed by atoms with E-state index in [2.05, 4.69) is 25.5 Å². The Labute approximate surface area is 247 Å². The molecule has 0 spiro atoms. The highest BCUT2D eigenvalue weighted by Gasteiger charge is 2.29. The van der Waals surface area contributed by atoms with Crippen molar-refractivity contribution < 1.29 is 46.6 Å². The second-order valence-electron chi connectivity index (χ2n) is 10.8. The molecule has 1 saturated heterocycles. The quantitative estimate of drug-likeness (QED) is 0.452. The first kappa shape index (κ1) is 31.4. The summed E-state index contributed by atoms with van der Waals surface area (Å²) in [6.07, 6.45) is -4.18. The standard InChI is InChI=1S/C29H31N3O4.C2HF3O2/c1-32(2)14-5-12-31(13-15-32)29(34)25-9-4-8-23(17-25)22-7-3-6-21(16-22)19-30-28(33)24-10-11-26-27(18-24)36-20-35-26;3-2(4,5)1(6)7/h3-4,6-11,16-18H,5,12-15,19-20H2,1-2H3;(H,6,7). The van der Waals surface area contributed by atoms with Crippen LogP contribution in [-0.2, 0) is 11.3 Å². The zero-order valence-corrected chi connectivity index (χ0v) is 23.8. The lowest BCUT2D eigenvalue weighted by atomic mass is 10.0.